The third kappa shape index (κ3) is 3.63. The average Bonchev–Trinajstić information content (AvgIpc) is 3.48. The Balaban J connectivity index is 1.42. The summed E-state index contributed by atoms with van der Waals surface area (Å²) in [6.45, 7) is 3.89. The Labute approximate surface area is 209 Å². The van der Waals surface area contributed by atoms with Crippen molar-refractivity contribution in [3.63, 3.8) is 0 Å². The molecular weight excluding hydrogens is 456 g/mol. The molecule has 2 aromatic heterocycles. The fourth-order valence-corrected chi connectivity index (χ4v) is 6.44. The molecule has 4 atom stereocenters. The molecule has 3 aliphatic heterocycles. The van der Waals surface area contributed by atoms with E-state index in [9.17, 15) is 14.7 Å². The molecule has 0 saturated carbocycles. The number of aliphatic hydroxyl groups is 1. The number of carbonyl (C=O) groups is 1. The molecule has 1 aromatic carbocycles. The quantitative estimate of drug-likeness (QED) is 0.596. The number of carbonyl (C=O) groups excluding carboxylic acids is 1. The molecule has 0 spiro atoms. The number of aromatic nitrogens is 2. The molecule has 0 radical (unpaired) electrons. The predicted molar refractivity (Wildman–Crippen MR) is 134 cm³/mol. The van der Waals surface area contributed by atoms with E-state index in [4.69, 9.17) is 4.42 Å². The highest BCUT2D eigenvalue weighted by Crippen LogP contribution is 2.49. The number of nitrogens with zero attached hydrogens (tertiary/aromatic N) is 4. The molecule has 186 valence electrons. The van der Waals surface area contributed by atoms with Crippen molar-refractivity contribution in [2.75, 3.05) is 13.2 Å². The van der Waals surface area contributed by atoms with Crippen LogP contribution in [0, 0.1) is 11.8 Å². The van der Waals surface area contributed by atoms with E-state index in [0.29, 0.717) is 31.7 Å². The molecule has 1 saturated heterocycles. The zero-order valence-electron chi connectivity index (χ0n) is 20.3. The second kappa shape index (κ2) is 9.19. The van der Waals surface area contributed by atoms with Gasteiger partial charge in [-0.1, -0.05) is 36.4 Å². The van der Waals surface area contributed by atoms with Crippen molar-refractivity contribution in [2.45, 2.75) is 45.1 Å². The summed E-state index contributed by atoms with van der Waals surface area (Å²) >= 11 is 0. The van der Waals surface area contributed by atoms with Crippen molar-refractivity contribution in [1.29, 1.82) is 0 Å². The lowest BCUT2D eigenvalue weighted by molar-refractivity contribution is -0.139. The third-order valence-corrected chi connectivity index (χ3v) is 8.10. The Morgan fingerprint density at radius 2 is 2.06 bits per heavy atom. The molecule has 8 heteroatoms. The lowest BCUT2D eigenvalue weighted by Gasteiger charge is -2.38. The minimum absolute atomic E-state index is 0.0413. The van der Waals surface area contributed by atoms with Gasteiger partial charge in [0.1, 0.15) is 6.26 Å². The maximum absolute atomic E-state index is 14.2. The molecule has 6 rings (SSSR count). The molecule has 36 heavy (non-hydrogen) atoms. The maximum atomic E-state index is 14.2. The Kier molecular flexibility index (Phi) is 5.85. The van der Waals surface area contributed by atoms with Crippen molar-refractivity contribution in [1.82, 2.24) is 19.4 Å². The van der Waals surface area contributed by atoms with Gasteiger partial charge in [-0.05, 0) is 36.6 Å². The third-order valence-electron chi connectivity index (χ3n) is 8.10. The first-order valence-corrected chi connectivity index (χ1v) is 12.6. The lowest BCUT2D eigenvalue weighted by Crippen LogP contribution is -2.46. The van der Waals surface area contributed by atoms with E-state index in [1.807, 2.05) is 52.8 Å². The van der Waals surface area contributed by atoms with Crippen LogP contribution < -0.4 is 5.56 Å². The fraction of sp³-hybridized carbons (Fsp3) is 0.393. The Hall–Kier alpha value is -3.49. The summed E-state index contributed by atoms with van der Waals surface area (Å²) in [5.41, 5.74) is 4.61. The van der Waals surface area contributed by atoms with E-state index in [1.54, 1.807) is 6.26 Å². The molecule has 2 bridgehead atoms. The Morgan fingerprint density at radius 3 is 2.81 bits per heavy atom. The summed E-state index contributed by atoms with van der Waals surface area (Å²) in [7, 11) is 0. The van der Waals surface area contributed by atoms with Gasteiger partial charge in [-0.3, -0.25) is 14.5 Å². The summed E-state index contributed by atoms with van der Waals surface area (Å²) in [5, 5.41) is 10.6. The first-order chi connectivity index (χ1) is 17.6. The highest BCUT2D eigenvalue weighted by atomic mass is 16.3. The van der Waals surface area contributed by atoms with E-state index in [1.165, 1.54) is 17.5 Å². The van der Waals surface area contributed by atoms with Crippen molar-refractivity contribution >= 4 is 12.0 Å². The highest BCUT2D eigenvalue weighted by Gasteiger charge is 2.56. The summed E-state index contributed by atoms with van der Waals surface area (Å²) in [5.74, 6) is -0.714. The Morgan fingerprint density at radius 1 is 1.22 bits per heavy atom. The smallest absolute Gasteiger partial charge is 0.258 e. The van der Waals surface area contributed by atoms with Crippen LogP contribution in [0.15, 0.2) is 64.3 Å². The van der Waals surface area contributed by atoms with Gasteiger partial charge in [-0.25, -0.2) is 4.98 Å². The predicted octanol–water partition coefficient (Wildman–Crippen LogP) is 2.62. The van der Waals surface area contributed by atoms with Gasteiger partial charge in [-0.15, -0.1) is 0 Å². The molecule has 0 aliphatic carbocycles. The molecule has 5 heterocycles. The number of fused-ring (bicyclic) bond motifs is 5. The number of pyridine rings is 1. The van der Waals surface area contributed by atoms with Gasteiger partial charge in [0.15, 0.2) is 6.39 Å². The minimum atomic E-state index is -0.460. The normalized spacial score (nSPS) is 25.2. The van der Waals surface area contributed by atoms with Gasteiger partial charge in [0.05, 0.1) is 17.7 Å². The summed E-state index contributed by atoms with van der Waals surface area (Å²) in [6.07, 6.45) is 7.51. The van der Waals surface area contributed by atoms with Gasteiger partial charge in [0.25, 0.3) is 5.56 Å². The Bertz CT molecular complexity index is 1360. The summed E-state index contributed by atoms with van der Waals surface area (Å²) in [6, 6.07) is 11.6. The van der Waals surface area contributed by atoms with Gasteiger partial charge in [0, 0.05) is 56.0 Å². The van der Waals surface area contributed by atoms with E-state index in [0.717, 1.165) is 17.8 Å². The van der Waals surface area contributed by atoms with Crippen LogP contribution in [-0.2, 0) is 30.8 Å². The van der Waals surface area contributed by atoms with Crippen LogP contribution in [0.5, 0.6) is 0 Å². The van der Waals surface area contributed by atoms with Gasteiger partial charge >= 0.3 is 0 Å². The van der Waals surface area contributed by atoms with Crippen LogP contribution in [0.3, 0.4) is 0 Å². The van der Waals surface area contributed by atoms with Crippen LogP contribution in [0.2, 0.25) is 0 Å². The van der Waals surface area contributed by atoms with Crippen LogP contribution >= 0.6 is 0 Å². The molecule has 1 N–H and O–H groups in total. The number of allylic oxidation sites excluding steroid dienone is 1. The van der Waals surface area contributed by atoms with Crippen LogP contribution in [0.4, 0.5) is 0 Å². The zero-order chi connectivity index (χ0) is 24.8. The maximum Gasteiger partial charge on any atom is 0.258 e. The second-order valence-corrected chi connectivity index (χ2v) is 9.94. The number of oxazole rings is 1. The van der Waals surface area contributed by atoms with E-state index in [2.05, 4.69) is 22.0 Å². The SMILES string of the molecule is C/C=C\c1ccc2n(c1=O)C[C@H]1[C@H](CO)[C@@H](C(=O)N3CCc4ccccc4C3)[C@@H]2N1Cc1cocn1. The van der Waals surface area contributed by atoms with Crippen LogP contribution in [0.1, 0.15) is 41.0 Å². The van der Waals surface area contributed by atoms with E-state index >= 15 is 0 Å². The number of amides is 1. The topological polar surface area (TPSA) is 91.8 Å². The summed E-state index contributed by atoms with van der Waals surface area (Å²) in [4.78, 5) is 36.0. The second-order valence-electron chi connectivity index (χ2n) is 9.94. The highest BCUT2D eigenvalue weighted by molar-refractivity contribution is 5.81. The van der Waals surface area contributed by atoms with Crippen LogP contribution in [0.25, 0.3) is 6.08 Å². The van der Waals surface area contributed by atoms with Crippen LogP contribution in [-0.4, -0.2) is 49.6 Å². The number of hydrogen-bond acceptors (Lipinski definition) is 6. The number of hydrogen-bond donors (Lipinski definition) is 1. The molecule has 0 unspecified atom stereocenters. The van der Waals surface area contributed by atoms with E-state index in [-0.39, 0.29) is 36.1 Å². The minimum Gasteiger partial charge on any atom is -0.451 e. The average molecular weight is 487 g/mol. The molecule has 3 aromatic rings. The summed E-state index contributed by atoms with van der Waals surface area (Å²) < 4.78 is 7.02. The fourth-order valence-electron chi connectivity index (χ4n) is 6.44. The number of rotatable bonds is 5. The molecule has 1 amide bonds. The van der Waals surface area contributed by atoms with Gasteiger partial charge in [-0.2, -0.15) is 0 Å². The van der Waals surface area contributed by atoms with Crippen molar-refractivity contribution in [3.8, 4) is 0 Å². The molecule has 1 fully saturated rings. The number of benzene rings is 1. The zero-order valence-corrected chi connectivity index (χ0v) is 20.3. The van der Waals surface area contributed by atoms with Gasteiger partial charge < -0.3 is 19.0 Å². The monoisotopic (exact) mass is 486 g/mol. The first-order valence-electron chi connectivity index (χ1n) is 12.6. The van der Waals surface area contributed by atoms with Crippen molar-refractivity contribution in [2.24, 2.45) is 11.8 Å². The van der Waals surface area contributed by atoms with Crippen molar-refractivity contribution < 1.29 is 14.3 Å². The van der Waals surface area contributed by atoms with E-state index < -0.39 is 5.92 Å². The number of aliphatic hydroxyl groups excluding tert-OH is 1. The molecule has 8 nitrogen and oxygen atoms in total. The van der Waals surface area contributed by atoms with Crippen molar-refractivity contribution in [3.05, 3.63) is 93.6 Å². The standard InChI is InChI=1S/C28H30N4O4/c1-2-5-19-8-9-23-26-25(28(35)30-11-10-18-6-3-4-7-20(18)12-30)22(15-33)24(14-32(23)27(19)34)31(26)13-21-16-36-17-29-21/h2-9,16-17,22,24-26,33H,10-15H2,1H3/b5-2-/t22-,24-,25+,26+/m0/s1. The lowest BCUT2D eigenvalue weighted by atomic mass is 9.85. The van der Waals surface area contributed by atoms with Gasteiger partial charge in [0.2, 0.25) is 5.91 Å². The molecular formula is C28H30N4O4. The molecule has 3 aliphatic rings. The largest absolute Gasteiger partial charge is 0.451 e. The first kappa shape index (κ1) is 22.9.